The summed E-state index contributed by atoms with van der Waals surface area (Å²) in [5, 5.41) is 3.85. The van der Waals surface area contributed by atoms with Gasteiger partial charge in [0.2, 0.25) is 0 Å². The standard InChI is InChI=1S/C13H25N/c1-11(12-7-3-2-4-8-12)14-13-9-5-6-10-13/h11-14H,2-10H2,1H3/t11-/m0/s1. The predicted octanol–water partition coefficient (Wildman–Crippen LogP) is 3.49. The number of rotatable bonds is 3. The smallest absolute Gasteiger partial charge is 0.00696 e. The SMILES string of the molecule is C[C@H](NC1CCCC1)C1CCCCC1. The fourth-order valence-electron chi connectivity index (χ4n) is 3.23. The van der Waals surface area contributed by atoms with Gasteiger partial charge in [-0.3, -0.25) is 0 Å². The highest BCUT2D eigenvalue weighted by Crippen LogP contribution is 2.27. The third-order valence-corrected chi connectivity index (χ3v) is 4.21. The first kappa shape index (κ1) is 10.5. The van der Waals surface area contributed by atoms with E-state index in [1.165, 1.54) is 57.8 Å². The second-order valence-corrected chi connectivity index (χ2v) is 5.33. The topological polar surface area (TPSA) is 12.0 Å². The molecule has 1 heteroatoms. The third-order valence-electron chi connectivity index (χ3n) is 4.21. The van der Waals surface area contributed by atoms with Crippen LogP contribution in [0.2, 0.25) is 0 Å². The van der Waals surface area contributed by atoms with Crippen LogP contribution < -0.4 is 5.32 Å². The highest BCUT2D eigenvalue weighted by molar-refractivity contribution is 4.81. The van der Waals surface area contributed by atoms with Gasteiger partial charge < -0.3 is 5.32 Å². The van der Waals surface area contributed by atoms with Crippen LogP contribution in [-0.2, 0) is 0 Å². The first-order valence-electron chi connectivity index (χ1n) is 6.62. The molecule has 1 atom stereocenters. The first-order valence-corrected chi connectivity index (χ1v) is 6.62. The lowest BCUT2D eigenvalue weighted by Crippen LogP contribution is -2.40. The van der Waals surface area contributed by atoms with Gasteiger partial charge in [0.05, 0.1) is 0 Å². The zero-order valence-electron chi connectivity index (χ0n) is 9.60. The molecule has 0 saturated heterocycles. The highest BCUT2D eigenvalue weighted by Gasteiger charge is 2.23. The van der Waals surface area contributed by atoms with Crippen LogP contribution in [0.5, 0.6) is 0 Å². The van der Waals surface area contributed by atoms with Crippen LogP contribution in [0, 0.1) is 5.92 Å². The third kappa shape index (κ3) is 2.73. The lowest BCUT2D eigenvalue weighted by atomic mass is 9.84. The molecule has 82 valence electrons. The summed E-state index contributed by atoms with van der Waals surface area (Å²) in [4.78, 5) is 0. The average molecular weight is 195 g/mol. The lowest BCUT2D eigenvalue weighted by Gasteiger charge is -2.30. The minimum Gasteiger partial charge on any atom is -0.311 e. The van der Waals surface area contributed by atoms with E-state index >= 15 is 0 Å². The molecular formula is C13H25N. The maximum Gasteiger partial charge on any atom is 0.00696 e. The molecule has 2 aliphatic carbocycles. The van der Waals surface area contributed by atoms with E-state index < -0.39 is 0 Å². The Balaban J connectivity index is 1.72. The molecule has 1 nitrogen and oxygen atoms in total. The summed E-state index contributed by atoms with van der Waals surface area (Å²) >= 11 is 0. The zero-order valence-corrected chi connectivity index (χ0v) is 9.60. The van der Waals surface area contributed by atoms with Crippen LogP contribution >= 0.6 is 0 Å². The van der Waals surface area contributed by atoms with Crippen LogP contribution in [0.3, 0.4) is 0 Å². The van der Waals surface area contributed by atoms with Crippen LogP contribution in [0.4, 0.5) is 0 Å². The molecule has 1 N–H and O–H groups in total. The highest BCUT2D eigenvalue weighted by atomic mass is 15.0. The van der Waals surface area contributed by atoms with Gasteiger partial charge in [0, 0.05) is 12.1 Å². The van der Waals surface area contributed by atoms with E-state index in [-0.39, 0.29) is 0 Å². The Morgan fingerprint density at radius 2 is 1.43 bits per heavy atom. The molecule has 0 aromatic carbocycles. The normalized spacial score (nSPS) is 28.1. The van der Waals surface area contributed by atoms with Gasteiger partial charge >= 0.3 is 0 Å². The summed E-state index contributed by atoms with van der Waals surface area (Å²) in [7, 11) is 0. The molecule has 0 aromatic rings. The number of nitrogens with one attached hydrogen (secondary N) is 1. The van der Waals surface area contributed by atoms with E-state index in [4.69, 9.17) is 0 Å². The van der Waals surface area contributed by atoms with Crippen molar-refractivity contribution in [2.24, 2.45) is 5.92 Å². The molecule has 2 fully saturated rings. The summed E-state index contributed by atoms with van der Waals surface area (Å²) in [6.07, 6.45) is 13.1. The van der Waals surface area contributed by atoms with Crippen molar-refractivity contribution in [3.63, 3.8) is 0 Å². The lowest BCUT2D eigenvalue weighted by molar-refractivity contribution is 0.264. The quantitative estimate of drug-likeness (QED) is 0.727. The van der Waals surface area contributed by atoms with E-state index in [1.807, 2.05) is 0 Å². The van der Waals surface area contributed by atoms with Crippen molar-refractivity contribution in [1.82, 2.24) is 5.32 Å². The molecule has 0 heterocycles. The molecule has 14 heavy (non-hydrogen) atoms. The van der Waals surface area contributed by atoms with Crippen molar-refractivity contribution in [3.05, 3.63) is 0 Å². The van der Waals surface area contributed by atoms with E-state index in [0.717, 1.165) is 18.0 Å². The Bertz CT molecular complexity index is 155. The predicted molar refractivity (Wildman–Crippen MR) is 61.4 cm³/mol. The van der Waals surface area contributed by atoms with Gasteiger partial charge in [-0.1, -0.05) is 32.1 Å². The van der Waals surface area contributed by atoms with Crippen molar-refractivity contribution < 1.29 is 0 Å². The summed E-state index contributed by atoms with van der Waals surface area (Å²) in [5.74, 6) is 0.976. The Morgan fingerprint density at radius 3 is 2.07 bits per heavy atom. The van der Waals surface area contributed by atoms with Gasteiger partial charge in [-0.05, 0) is 38.5 Å². The van der Waals surface area contributed by atoms with E-state index in [9.17, 15) is 0 Å². The molecule has 0 aliphatic heterocycles. The zero-order chi connectivity index (χ0) is 9.80. The van der Waals surface area contributed by atoms with E-state index in [0.29, 0.717) is 0 Å². The van der Waals surface area contributed by atoms with Crippen molar-refractivity contribution in [2.45, 2.75) is 76.8 Å². The summed E-state index contributed by atoms with van der Waals surface area (Å²) < 4.78 is 0. The number of hydrogen-bond donors (Lipinski definition) is 1. The van der Waals surface area contributed by atoms with Gasteiger partial charge in [0.15, 0.2) is 0 Å². The van der Waals surface area contributed by atoms with Crippen LogP contribution in [0.15, 0.2) is 0 Å². The van der Waals surface area contributed by atoms with Gasteiger partial charge in [-0.2, -0.15) is 0 Å². The van der Waals surface area contributed by atoms with Crippen molar-refractivity contribution >= 4 is 0 Å². The Labute approximate surface area is 88.7 Å². The van der Waals surface area contributed by atoms with Crippen LogP contribution in [0.25, 0.3) is 0 Å². The molecular weight excluding hydrogens is 170 g/mol. The fourth-order valence-corrected chi connectivity index (χ4v) is 3.23. The minimum absolute atomic E-state index is 0.776. The molecule has 2 saturated carbocycles. The molecule has 0 amide bonds. The van der Waals surface area contributed by atoms with Crippen LogP contribution in [-0.4, -0.2) is 12.1 Å². The van der Waals surface area contributed by atoms with Gasteiger partial charge in [-0.15, -0.1) is 0 Å². The van der Waals surface area contributed by atoms with Crippen molar-refractivity contribution in [2.75, 3.05) is 0 Å². The van der Waals surface area contributed by atoms with Gasteiger partial charge in [0.1, 0.15) is 0 Å². The molecule has 0 bridgehead atoms. The Morgan fingerprint density at radius 1 is 0.857 bits per heavy atom. The Hall–Kier alpha value is -0.0400. The molecule has 0 radical (unpaired) electrons. The molecule has 0 spiro atoms. The summed E-state index contributed by atoms with van der Waals surface area (Å²) in [5.41, 5.74) is 0. The Kier molecular flexibility index (Phi) is 3.86. The molecule has 2 aliphatic rings. The maximum atomic E-state index is 3.85. The van der Waals surface area contributed by atoms with E-state index in [1.54, 1.807) is 0 Å². The average Bonchev–Trinajstić information content (AvgIpc) is 2.72. The van der Waals surface area contributed by atoms with Gasteiger partial charge in [0.25, 0.3) is 0 Å². The largest absolute Gasteiger partial charge is 0.311 e. The van der Waals surface area contributed by atoms with E-state index in [2.05, 4.69) is 12.2 Å². The van der Waals surface area contributed by atoms with Crippen molar-refractivity contribution in [1.29, 1.82) is 0 Å². The first-order chi connectivity index (χ1) is 6.86. The summed E-state index contributed by atoms with van der Waals surface area (Å²) in [6, 6.07) is 1.63. The molecule has 0 aromatic heterocycles. The molecule has 0 unspecified atom stereocenters. The second kappa shape index (κ2) is 5.16. The molecule has 2 rings (SSSR count). The monoisotopic (exact) mass is 195 g/mol. The summed E-state index contributed by atoms with van der Waals surface area (Å²) in [6.45, 7) is 2.41. The maximum absolute atomic E-state index is 3.85. The fraction of sp³-hybridized carbons (Fsp3) is 1.00. The van der Waals surface area contributed by atoms with Crippen molar-refractivity contribution in [3.8, 4) is 0 Å². The number of hydrogen-bond acceptors (Lipinski definition) is 1. The van der Waals surface area contributed by atoms with Crippen LogP contribution in [0.1, 0.15) is 64.7 Å². The second-order valence-electron chi connectivity index (χ2n) is 5.33. The van der Waals surface area contributed by atoms with Gasteiger partial charge in [-0.25, -0.2) is 0 Å². The minimum atomic E-state index is 0.776.